The third-order valence-corrected chi connectivity index (χ3v) is 11.8. The van der Waals surface area contributed by atoms with Crippen LogP contribution in [0.4, 0.5) is 0 Å². The van der Waals surface area contributed by atoms with Crippen LogP contribution >= 0.6 is 0 Å². The van der Waals surface area contributed by atoms with Gasteiger partial charge in [0, 0.05) is 40.2 Å². The fraction of sp³-hybridized carbons (Fsp3) is 0.538. The molecule has 0 atom stereocenters. The molecule has 60 heavy (non-hydrogen) atoms. The average molecular weight is 813 g/mol. The second-order valence-corrected chi connectivity index (χ2v) is 16.7. The summed E-state index contributed by atoms with van der Waals surface area (Å²) in [4.78, 5) is 20.4. The van der Waals surface area contributed by atoms with Gasteiger partial charge in [0.15, 0.2) is 5.75 Å². The molecular weight excluding hydrogens is 741 g/mol. The van der Waals surface area contributed by atoms with Crippen LogP contribution in [0.5, 0.6) is 5.75 Å². The van der Waals surface area contributed by atoms with Gasteiger partial charge in [0.05, 0.1) is 47.9 Å². The largest absolute Gasteiger partial charge is 0.494 e. The standard InChI is InChI=1S/C52H72N6O2/c1-8-12-16-20-24-41-34-53-46(26-22-18-14-10-3)48(55-41)39-28-30-43(37(5)32-39)50-45(36-59)52(60-7)51(58-57-50)44-31-29-40(33-38(44)6)49-47(27-23-19-15-11-4)54-35-42(56-49)25-21-17-13-9-2/h28-35,59H,8-27,36H2,1-7H3. The number of aliphatic hydroxyl groups excluding tert-OH is 1. The van der Waals surface area contributed by atoms with Crippen LogP contribution in [0, 0.1) is 13.8 Å². The van der Waals surface area contributed by atoms with Gasteiger partial charge in [0.25, 0.3) is 0 Å². The Bertz CT molecular complexity index is 1950. The number of benzene rings is 2. The SMILES string of the molecule is CCCCCCc1cnc(CCCCCC)c(-c2ccc(-c3nnc(-c4ccc(-c5nc(CCCCCC)cnc5CCCCCC)cc4C)c(OC)c3CO)c(C)c2)n1. The summed E-state index contributed by atoms with van der Waals surface area (Å²) in [5, 5.41) is 20.5. The molecular formula is C52H72N6O2. The normalized spacial score (nSPS) is 11.4. The van der Waals surface area contributed by atoms with E-state index in [1.807, 2.05) is 12.4 Å². The molecule has 0 amide bonds. The van der Waals surface area contributed by atoms with Gasteiger partial charge in [-0.25, -0.2) is 9.97 Å². The maximum Gasteiger partial charge on any atom is 0.154 e. The van der Waals surface area contributed by atoms with Crippen molar-refractivity contribution in [2.45, 2.75) is 177 Å². The van der Waals surface area contributed by atoms with Crippen molar-refractivity contribution >= 4 is 0 Å². The molecule has 0 saturated carbocycles. The van der Waals surface area contributed by atoms with E-state index in [0.29, 0.717) is 22.7 Å². The van der Waals surface area contributed by atoms with Crippen molar-refractivity contribution in [3.8, 4) is 50.8 Å². The highest BCUT2D eigenvalue weighted by atomic mass is 16.5. The van der Waals surface area contributed by atoms with Gasteiger partial charge in [-0.1, -0.05) is 129 Å². The lowest BCUT2D eigenvalue weighted by molar-refractivity contribution is 0.273. The van der Waals surface area contributed by atoms with Crippen molar-refractivity contribution in [2.75, 3.05) is 7.11 Å². The van der Waals surface area contributed by atoms with Crippen molar-refractivity contribution in [3.63, 3.8) is 0 Å². The van der Waals surface area contributed by atoms with Gasteiger partial charge in [-0.05, 0) is 88.5 Å². The van der Waals surface area contributed by atoms with Crippen LogP contribution in [0.1, 0.15) is 170 Å². The number of aryl methyl sites for hydroxylation is 6. The second-order valence-electron chi connectivity index (χ2n) is 16.7. The summed E-state index contributed by atoms with van der Waals surface area (Å²) in [7, 11) is 1.64. The van der Waals surface area contributed by atoms with Gasteiger partial charge in [-0.2, -0.15) is 0 Å². The maximum absolute atomic E-state index is 10.9. The Morgan fingerprint density at radius 2 is 0.917 bits per heavy atom. The monoisotopic (exact) mass is 813 g/mol. The summed E-state index contributed by atoms with van der Waals surface area (Å²) in [6, 6.07) is 12.8. The second kappa shape index (κ2) is 24.6. The van der Waals surface area contributed by atoms with Crippen molar-refractivity contribution in [1.82, 2.24) is 30.1 Å². The van der Waals surface area contributed by atoms with Gasteiger partial charge in [0.2, 0.25) is 0 Å². The molecule has 0 aliphatic carbocycles. The summed E-state index contributed by atoms with van der Waals surface area (Å²) in [5.74, 6) is 0.531. The minimum absolute atomic E-state index is 0.241. The Balaban J connectivity index is 1.47. The maximum atomic E-state index is 10.9. The topological polar surface area (TPSA) is 107 Å². The Morgan fingerprint density at radius 3 is 1.32 bits per heavy atom. The molecule has 0 radical (unpaired) electrons. The number of aromatic nitrogens is 6. The van der Waals surface area contributed by atoms with Gasteiger partial charge >= 0.3 is 0 Å². The Kier molecular flexibility index (Phi) is 19.1. The Morgan fingerprint density at radius 1 is 0.500 bits per heavy atom. The minimum Gasteiger partial charge on any atom is -0.494 e. The summed E-state index contributed by atoms with van der Waals surface area (Å²) in [6.07, 6.45) is 26.8. The van der Waals surface area contributed by atoms with Crippen molar-refractivity contribution in [3.05, 3.63) is 88.3 Å². The van der Waals surface area contributed by atoms with Crippen molar-refractivity contribution in [1.29, 1.82) is 0 Å². The molecule has 0 spiro atoms. The minimum atomic E-state index is -0.241. The van der Waals surface area contributed by atoms with Crippen LogP contribution in [0.15, 0.2) is 48.8 Å². The van der Waals surface area contributed by atoms with E-state index in [0.717, 1.165) is 119 Å². The molecule has 5 aromatic rings. The fourth-order valence-electron chi connectivity index (χ4n) is 8.24. The number of rotatable bonds is 26. The van der Waals surface area contributed by atoms with E-state index in [1.54, 1.807) is 7.11 Å². The quantitative estimate of drug-likeness (QED) is 0.0550. The molecule has 3 aromatic heterocycles. The zero-order chi connectivity index (χ0) is 42.7. The number of hydrogen-bond acceptors (Lipinski definition) is 8. The van der Waals surface area contributed by atoms with Crippen LogP contribution in [0.2, 0.25) is 0 Å². The molecule has 0 aliphatic heterocycles. The van der Waals surface area contributed by atoms with Crippen LogP contribution in [0.25, 0.3) is 45.0 Å². The van der Waals surface area contributed by atoms with Gasteiger partial charge < -0.3 is 9.84 Å². The molecule has 0 aliphatic rings. The third-order valence-electron chi connectivity index (χ3n) is 11.8. The fourth-order valence-corrected chi connectivity index (χ4v) is 8.24. The third kappa shape index (κ3) is 12.5. The summed E-state index contributed by atoms with van der Waals surface area (Å²) in [5.41, 5.74) is 14.0. The highest BCUT2D eigenvalue weighted by Crippen LogP contribution is 2.40. The van der Waals surface area contributed by atoms with Crippen LogP contribution in [-0.4, -0.2) is 42.3 Å². The van der Waals surface area contributed by atoms with E-state index in [1.165, 1.54) is 77.0 Å². The highest BCUT2D eigenvalue weighted by Gasteiger charge is 2.23. The molecule has 0 fully saturated rings. The van der Waals surface area contributed by atoms with E-state index in [4.69, 9.17) is 34.9 Å². The van der Waals surface area contributed by atoms with E-state index in [2.05, 4.69) is 77.9 Å². The number of nitrogens with zero attached hydrogens (tertiary/aromatic N) is 6. The van der Waals surface area contributed by atoms with Crippen LogP contribution in [-0.2, 0) is 32.3 Å². The lowest BCUT2D eigenvalue weighted by Gasteiger charge is -2.18. The first-order valence-electron chi connectivity index (χ1n) is 23.3. The van der Waals surface area contributed by atoms with Gasteiger partial charge in [0.1, 0.15) is 11.4 Å². The van der Waals surface area contributed by atoms with E-state index >= 15 is 0 Å². The van der Waals surface area contributed by atoms with Crippen LogP contribution in [0.3, 0.4) is 0 Å². The highest BCUT2D eigenvalue weighted by molar-refractivity contribution is 5.80. The number of aliphatic hydroxyl groups is 1. The molecule has 1 N–H and O–H groups in total. The van der Waals surface area contributed by atoms with Gasteiger partial charge in [-0.15, -0.1) is 10.2 Å². The number of methoxy groups -OCH3 is 1. The van der Waals surface area contributed by atoms with E-state index < -0.39 is 0 Å². The molecule has 322 valence electrons. The zero-order valence-electron chi connectivity index (χ0n) is 38.0. The molecule has 8 heteroatoms. The predicted octanol–water partition coefficient (Wildman–Crippen LogP) is 13.3. The lowest BCUT2D eigenvalue weighted by Crippen LogP contribution is -2.06. The molecule has 0 unspecified atom stereocenters. The Labute approximate surface area is 361 Å². The molecule has 0 bridgehead atoms. The first kappa shape index (κ1) is 46.5. The number of ether oxygens (including phenoxy) is 1. The van der Waals surface area contributed by atoms with Crippen molar-refractivity contribution in [2.24, 2.45) is 0 Å². The number of unbranched alkanes of at least 4 members (excludes halogenated alkanes) is 12. The van der Waals surface area contributed by atoms with Crippen molar-refractivity contribution < 1.29 is 9.84 Å². The summed E-state index contributed by atoms with van der Waals surface area (Å²) >= 11 is 0. The van der Waals surface area contributed by atoms with Crippen LogP contribution < -0.4 is 4.74 Å². The molecule has 2 aromatic carbocycles. The molecule has 3 heterocycles. The zero-order valence-corrected chi connectivity index (χ0v) is 38.0. The Hall–Kier alpha value is -4.56. The predicted molar refractivity (Wildman–Crippen MR) is 248 cm³/mol. The molecule has 0 saturated heterocycles. The first-order chi connectivity index (χ1) is 29.4. The van der Waals surface area contributed by atoms with Gasteiger partial charge in [-0.3, -0.25) is 9.97 Å². The smallest absolute Gasteiger partial charge is 0.154 e. The molecule has 5 rings (SSSR count). The summed E-state index contributed by atoms with van der Waals surface area (Å²) < 4.78 is 6.07. The van der Waals surface area contributed by atoms with E-state index in [9.17, 15) is 5.11 Å². The lowest BCUT2D eigenvalue weighted by atomic mass is 9.94. The number of hydrogen-bond donors (Lipinski definition) is 1. The van der Waals surface area contributed by atoms with E-state index in [-0.39, 0.29) is 6.61 Å². The molecule has 8 nitrogen and oxygen atoms in total. The average Bonchev–Trinajstić information content (AvgIpc) is 3.27. The summed E-state index contributed by atoms with van der Waals surface area (Å²) in [6.45, 7) is 12.9. The first-order valence-corrected chi connectivity index (χ1v) is 23.3.